The Hall–Kier alpha value is -2.54. The Morgan fingerprint density at radius 2 is 1.89 bits per heavy atom. The van der Waals surface area contributed by atoms with Gasteiger partial charge in [-0.25, -0.2) is 4.98 Å². The first-order valence-corrected chi connectivity index (χ1v) is 9.39. The van der Waals surface area contributed by atoms with E-state index in [-0.39, 0.29) is 11.6 Å². The number of hydrogen-bond acceptors (Lipinski definition) is 6. The van der Waals surface area contributed by atoms with Crippen molar-refractivity contribution >= 4 is 5.91 Å². The van der Waals surface area contributed by atoms with Crippen molar-refractivity contribution in [1.82, 2.24) is 15.2 Å². The number of nitrogens with zero attached hydrogens (tertiary/aromatic N) is 2. The van der Waals surface area contributed by atoms with Gasteiger partial charge in [0.15, 0.2) is 29.3 Å². The molecule has 1 aromatic carbocycles. The number of oxazole rings is 1. The van der Waals surface area contributed by atoms with Gasteiger partial charge in [-0.1, -0.05) is 12.8 Å². The van der Waals surface area contributed by atoms with E-state index in [4.69, 9.17) is 13.9 Å². The largest absolute Gasteiger partial charge is 0.493 e. The lowest BCUT2D eigenvalue weighted by Crippen LogP contribution is -2.35. The number of methoxy groups -OCH3 is 2. The minimum atomic E-state index is -0.233. The highest BCUT2D eigenvalue weighted by Crippen LogP contribution is 2.33. The summed E-state index contributed by atoms with van der Waals surface area (Å²) in [7, 11) is 3.15. The molecule has 0 atom stereocenters. The SMILES string of the molecule is COc1ccc(-c2ocnc2C(=O)NCCN2CCCCCC2)cc1OC. The molecule has 1 aliphatic rings. The van der Waals surface area contributed by atoms with Crippen LogP contribution in [0.5, 0.6) is 11.5 Å². The molecule has 7 nitrogen and oxygen atoms in total. The molecule has 0 radical (unpaired) electrons. The highest BCUT2D eigenvalue weighted by molar-refractivity contribution is 5.97. The van der Waals surface area contributed by atoms with Crippen LogP contribution in [0.15, 0.2) is 29.0 Å². The molecule has 27 heavy (non-hydrogen) atoms. The zero-order valence-electron chi connectivity index (χ0n) is 16.0. The Morgan fingerprint density at radius 3 is 2.59 bits per heavy atom. The second-order valence-electron chi connectivity index (χ2n) is 6.61. The number of nitrogens with one attached hydrogen (secondary N) is 1. The van der Waals surface area contributed by atoms with Crippen molar-refractivity contribution in [2.75, 3.05) is 40.4 Å². The number of likely N-dealkylation sites (tertiary alicyclic amines) is 1. The van der Waals surface area contributed by atoms with Gasteiger partial charge in [0.25, 0.3) is 5.91 Å². The van der Waals surface area contributed by atoms with Crippen molar-refractivity contribution in [1.29, 1.82) is 0 Å². The number of carbonyl (C=O) groups is 1. The first-order valence-electron chi connectivity index (χ1n) is 9.39. The highest BCUT2D eigenvalue weighted by atomic mass is 16.5. The van der Waals surface area contributed by atoms with Crippen LogP contribution in [0.4, 0.5) is 0 Å². The number of aromatic nitrogens is 1. The van der Waals surface area contributed by atoms with Gasteiger partial charge in [0.1, 0.15) is 0 Å². The predicted octanol–water partition coefficient (Wildman–Crippen LogP) is 2.96. The number of amides is 1. The van der Waals surface area contributed by atoms with Crippen LogP contribution in [0.25, 0.3) is 11.3 Å². The van der Waals surface area contributed by atoms with Gasteiger partial charge in [-0.3, -0.25) is 4.79 Å². The average molecular weight is 373 g/mol. The molecule has 2 heterocycles. The van der Waals surface area contributed by atoms with Gasteiger partial charge in [0.2, 0.25) is 0 Å². The maximum atomic E-state index is 12.6. The second-order valence-corrected chi connectivity index (χ2v) is 6.61. The number of carbonyl (C=O) groups excluding carboxylic acids is 1. The van der Waals surface area contributed by atoms with Crippen LogP contribution in [0.2, 0.25) is 0 Å². The lowest BCUT2D eigenvalue weighted by Gasteiger charge is -2.19. The molecule has 1 aromatic heterocycles. The Morgan fingerprint density at radius 1 is 1.15 bits per heavy atom. The first kappa shape index (κ1) is 19.2. The van der Waals surface area contributed by atoms with Crippen molar-refractivity contribution in [3.63, 3.8) is 0 Å². The summed E-state index contributed by atoms with van der Waals surface area (Å²) in [4.78, 5) is 19.1. The zero-order chi connectivity index (χ0) is 19.1. The fourth-order valence-corrected chi connectivity index (χ4v) is 3.36. The number of benzene rings is 1. The summed E-state index contributed by atoms with van der Waals surface area (Å²) in [6.07, 6.45) is 6.37. The van der Waals surface area contributed by atoms with Gasteiger partial charge in [-0.05, 0) is 44.1 Å². The summed E-state index contributed by atoms with van der Waals surface area (Å²) in [6.45, 7) is 3.67. The van der Waals surface area contributed by atoms with Crippen LogP contribution >= 0.6 is 0 Å². The van der Waals surface area contributed by atoms with E-state index in [1.54, 1.807) is 26.4 Å². The number of ether oxygens (including phenoxy) is 2. The van der Waals surface area contributed by atoms with Gasteiger partial charge < -0.3 is 24.1 Å². The Bertz CT molecular complexity index is 751. The van der Waals surface area contributed by atoms with Crippen LogP contribution in [0.3, 0.4) is 0 Å². The monoisotopic (exact) mass is 373 g/mol. The van der Waals surface area contributed by atoms with Crippen molar-refractivity contribution in [2.45, 2.75) is 25.7 Å². The molecular weight excluding hydrogens is 346 g/mol. The zero-order valence-corrected chi connectivity index (χ0v) is 16.0. The number of hydrogen-bond donors (Lipinski definition) is 1. The summed E-state index contributed by atoms with van der Waals surface area (Å²) < 4.78 is 16.1. The van der Waals surface area contributed by atoms with E-state index in [1.807, 2.05) is 6.07 Å². The average Bonchev–Trinajstić information content (AvgIpc) is 3.05. The Kier molecular flexibility index (Phi) is 6.70. The Balaban J connectivity index is 1.64. The molecule has 146 valence electrons. The molecule has 1 N–H and O–H groups in total. The molecule has 1 saturated heterocycles. The number of rotatable bonds is 7. The normalized spacial score (nSPS) is 15.2. The van der Waals surface area contributed by atoms with Gasteiger partial charge in [-0.15, -0.1) is 0 Å². The van der Waals surface area contributed by atoms with Crippen molar-refractivity contribution < 1.29 is 18.7 Å². The summed E-state index contributed by atoms with van der Waals surface area (Å²) in [6, 6.07) is 5.36. The fourth-order valence-electron chi connectivity index (χ4n) is 3.36. The van der Waals surface area contributed by atoms with Gasteiger partial charge in [0, 0.05) is 18.7 Å². The van der Waals surface area contributed by atoms with Crippen LogP contribution in [0.1, 0.15) is 36.2 Å². The van der Waals surface area contributed by atoms with Crippen molar-refractivity contribution in [2.24, 2.45) is 0 Å². The smallest absolute Gasteiger partial charge is 0.273 e. The third kappa shape index (κ3) is 4.80. The third-order valence-corrected chi connectivity index (χ3v) is 4.84. The maximum absolute atomic E-state index is 12.6. The van der Waals surface area contributed by atoms with Crippen molar-refractivity contribution in [3.05, 3.63) is 30.3 Å². The van der Waals surface area contributed by atoms with E-state index in [0.29, 0.717) is 29.4 Å². The van der Waals surface area contributed by atoms with E-state index in [2.05, 4.69) is 15.2 Å². The molecule has 2 aromatic rings. The van der Waals surface area contributed by atoms with E-state index in [1.165, 1.54) is 32.1 Å². The minimum absolute atomic E-state index is 0.233. The molecule has 0 spiro atoms. The molecule has 1 amide bonds. The van der Waals surface area contributed by atoms with Crippen LogP contribution in [-0.2, 0) is 0 Å². The summed E-state index contributed by atoms with van der Waals surface area (Å²) >= 11 is 0. The summed E-state index contributed by atoms with van der Waals surface area (Å²) in [5.41, 5.74) is 0.987. The molecule has 1 fully saturated rings. The van der Waals surface area contributed by atoms with E-state index in [9.17, 15) is 4.79 Å². The highest BCUT2D eigenvalue weighted by Gasteiger charge is 2.20. The third-order valence-electron chi connectivity index (χ3n) is 4.84. The second kappa shape index (κ2) is 9.41. The van der Waals surface area contributed by atoms with Gasteiger partial charge in [0.05, 0.1) is 14.2 Å². The molecule has 0 unspecified atom stereocenters. The van der Waals surface area contributed by atoms with Gasteiger partial charge in [-0.2, -0.15) is 0 Å². The predicted molar refractivity (Wildman–Crippen MR) is 102 cm³/mol. The fraction of sp³-hybridized carbons (Fsp3) is 0.500. The summed E-state index contributed by atoms with van der Waals surface area (Å²) in [5.74, 6) is 1.37. The molecule has 0 saturated carbocycles. The van der Waals surface area contributed by atoms with Crippen LogP contribution < -0.4 is 14.8 Å². The van der Waals surface area contributed by atoms with E-state index < -0.39 is 0 Å². The molecular formula is C20H27N3O4. The van der Waals surface area contributed by atoms with E-state index >= 15 is 0 Å². The first-order chi connectivity index (χ1) is 13.2. The van der Waals surface area contributed by atoms with Crippen LogP contribution in [-0.4, -0.2) is 56.2 Å². The quantitative estimate of drug-likeness (QED) is 0.804. The molecule has 1 aliphatic heterocycles. The topological polar surface area (TPSA) is 76.8 Å². The molecule has 7 heteroatoms. The molecule has 0 bridgehead atoms. The Labute approximate surface area is 159 Å². The maximum Gasteiger partial charge on any atom is 0.273 e. The molecule has 3 rings (SSSR count). The van der Waals surface area contributed by atoms with Crippen LogP contribution in [0, 0.1) is 0 Å². The van der Waals surface area contributed by atoms with E-state index in [0.717, 1.165) is 19.6 Å². The van der Waals surface area contributed by atoms with Crippen molar-refractivity contribution in [3.8, 4) is 22.8 Å². The lowest BCUT2D eigenvalue weighted by atomic mass is 10.1. The standard InChI is InChI=1S/C20H27N3O4/c1-25-16-8-7-15(13-17(16)26-2)19-18(22-14-27-19)20(24)21-9-12-23-10-5-3-4-6-11-23/h7-8,13-14H,3-6,9-12H2,1-2H3,(H,21,24). The summed E-state index contributed by atoms with van der Waals surface area (Å²) in [5, 5.41) is 2.96. The van der Waals surface area contributed by atoms with Gasteiger partial charge >= 0.3 is 0 Å². The minimum Gasteiger partial charge on any atom is -0.493 e. The molecule has 0 aliphatic carbocycles. The lowest BCUT2D eigenvalue weighted by molar-refractivity contribution is 0.0944.